The number of aromatic nitrogens is 1. The molecule has 0 fully saturated rings. The molecule has 0 spiro atoms. The van der Waals surface area contributed by atoms with Crippen molar-refractivity contribution >= 4 is 22.1 Å². The Hall–Kier alpha value is -2.20. The van der Waals surface area contributed by atoms with Crippen LogP contribution in [0.15, 0.2) is 45.7 Å². The van der Waals surface area contributed by atoms with Crippen LogP contribution in [-0.2, 0) is 0 Å². The highest BCUT2D eigenvalue weighted by Gasteiger charge is 2.15. The van der Waals surface area contributed by atoms with E-state index in [0.29, 0.717) is 22.1 Å². The first-order chi connectivity index (χ1) is 9.58. The van der Waals surface area contributed by atoms with E-state index in [-0.39, 0.29) is 11.3 Å². The molecule has 0 aliphatic rings. The summed E-state index contributed by atoms with van der Waals surface area (Å²) < 4.78 is 5.63. The molecule has 1 aromatic carbocycles. The molecule has 4 heteroatoms. The first-order valence-corrected chi connectivity index (χ1v) is 6.57. The summed E-state index contributed by atoms with van der Waals surface area (Å²) in [6.45, 7) is 3.86. The van der Waals surface area contributed by atoms with Gasteiger partial charge in [-0.2, -0.15) is 0 Å². The number of benzene rings is 1. The van der Waals surface area contributed by atoms with E-state index in [4.69, 9.17) is 4.42 Å². The predicted octanol–water partition coefficient (Wildman–Crippen LogP) is 3.03. The van der Waals surface area contributed by atoms with Gasteiger partial charge >= 0.3 is 0 Å². The van der Waals surface area contributed by atoms with Crippen LogP contribution in [0.4, 0.5) is 0 Å². The summed E-state index contributed by atoms with van der Waals surface area (Å²) in [7, 11) is 0. The normalized spacial score (nSPS) is 13.2. The fraction of sp³-hybridized carbons (Fsp3) is 0.250. The smallest absolute Gasteiger partial charge is 0.230 e. The van der Waals surface area contributed by atoms with E-state index in [2.05, 4.69) is 4.98 Å². The molecule has 1 N–H and O–H groups in total. The van der Waals surface area contributed by atoms with E-state index in [1.807, 2.05) is 13.8 Å². The van der Waals surface area contributed by atoms with E-state index >= 15 is 0 Å². The second-order valence-corrected chi connectivity index (χ2v) is 5.23. The van der Waals surface area contributed by atoms with Gasteiger partial charge in [-0.1, -0.05) is 19.9 Å². The van der Waals surface area contributed by atoms with Crippen LogP contribution in [-0.4, -0.2) is 10.1 Å². The molecule has 0 saturated heterocycles. The molecule has 3 aromatic rings. The molecule has 102 valence electrons. The van der Waals surface area contributed by atoms with Crippen LogP contribution in [0.2, 0.25) is 0 Å². The second-order valence-electron chi connectivity index (χ2n) is 5.23. The van der Waals surface area contributed by atoms with Gasteiger partial charge in [-0.25, -0.2) is 4.98 Å². The molecule has 0 aliphatic carbocycles. The van der Waals surface area contributed by atoms with Crippen molar-refractivity contribution in [1.82, 2.24) is 4.98 Å². The van der Waals surface area contributed by atoms with Crippen molar-refractivity contribution in [1.29, 1.82) is 0 Å². The van der Waals surface area contributed by atoms with Gasteiger partial charge in [-0.05, 0) is 35.7 Å². The molecule has 0 amide bonds. The van der Waals surface area contributed by atoms with Gasteiger partial charge in [0, 0.05) is 6.20 Å². The monoisotopic (exact) mass is 269 g/mol. The molecule has 20 heavy (non-hydrogen) atoms. The molecule has 2 aromatic heterocycles. The molecule has 0 bridgehead atoms. The van der Waals surface area contributed by atoms with Crippen LogP contribution in [0.5, 0.6) is 0 Å². The fourth-order valence-electron chi connectivity index (χ4n) is 2.28. The Morgan fingerprint density at radius 1 is 1.20 bits per heavy atom. The van der Waals surface area contributed by atoms with Gasteiger partial charge in [0.15, 0.2) is 0 Å². The molecule has 4 nitrogen and oxygen atoms in total. The molecular formula is C16H15NO3. The van der Waals surface area contributed by atoms with Crippen molar-refractivity contribution in [2.45, 2.75) is 20.0 Å². The van der Waals surface area contributed by atoms with Crippen molar-refractivity contribution < 1.29 is 9.52 Å². The van der Waals surface area contributed by atoms with Crippen LogP contribution in [0, 0.1) is 5.92 Å². The number of pyridine rings is 1. The Balaban J connectivity index is 2.31. The van der Waals surface area contributed by atoms with E-state index < -0.39 is 6.10 Å². The molecule has 0 aliphatic heterocycles. The zero-order valence-electron chi connectivity index (χ0n) is 11.3. The Labute approximate surface area is 115 Å². The van der Waals surface area contributed by atoms with Crippen molar-refractivity contribution in [2.75, 3.05) is 0 Å². The molecule has 1 unspecified atom stereocenters. The molecule has 2 heterocycles. The molecule has 1 atom stereocenters. The number of hydrogen-bond donors (Lipinski definition) is 1. The largest absolute Gasteiger partial charge is 0.437 e. The lowest BCUT2D eigenvalue weighted by atomic mass is 9.98. The number of fused-ring (bicyclic) bond motifs is 2. The Bertz CT molecular complexity index is 836. The summed E-state index contributed by atoms with van der Waals surface area (Å²) in [4.78, 5) is 16.5. The maximum atomic E-state index is 12.5. The SMILES string of the molecule is CC(C)C(O)c1ccc2oc3ncccc3c(=O)c2c1. The zero-order chi connectivity index (χ0) is 14.3. The number of nitrogens with zero attached hydrogens (tertiary/aromatic N) is 1. The summed E-state index contributed by atoms with van der Waals surface area (Å²) >= 11 is 0. The average Bonchev–Trinajstić information content (AvgIpc) is 2.46. The third kappa shape index (κ3) is 1.98. The predicted molar refractivity (Wildman–Crippen MR) is 77.6 cm³/mol. The summed E-state index contributed by atoms with van der Waals surface area (Å²) in [6.07, 6.45) is 0.997. The van der Waals surface area contributed by atoms with Gasteiger partial charge in [0.2, 0.25) is 11.1 Å². The van der Waals surface area contributed by atoms with Gasteiger partial charge in [-0.3, -0.25) is 4.79 Å². The summed E-state index contributed by atoms with van der Waals surface area (Å²) in [5.41, 5.74) is 1.43. The van der Waals surface area contributed by atoms with Crippen LogP contribution in [0.3, 0.4) is 0 Å². The van der Waals surface area contributed by atoms with Crippen molar-refractivity contribution in [2.24, 2.45) is 5.92 Å². The summed E-state index contributed by atoms with van der Waals surface area (Å²) in [5, 5.41) is 11.0. The van der Waals surface area contributed by atoms with Gasteiger partial charge in [0.05, 0.1) is 16.9 Å². The maximum Gasteiger partial charge on any atom is 0.230 e. The van der Waals surface area contributed by atoms with Gasteiger partial charge < -0.3 is 9.52 Å². The van der Waals surface area contributed by atoms with E-state index in [1.165, 1.54) is 0 Å². The fourth-order valence-corrected chi connectivity index (χ4v) is 2.28. The van der Waals surface area contributed by atoms with E-state index in [1.54, 1.807) is 36.5 Å². The van der Waals surface area contributed by atoms with E-state index in [9.17, 15) is 9.90 Å². The van der Waals surface area contributed by atoms with E-state index in [0.717, 1.165) is 5.56 Å². The highest BCUT2D eigenvalue weighted by atomic mass is 16.3. The van der Waals surface area contributed by atoms with Crippen molar-refractivity contribution in [3.63, 3.8) is 0 Å². The third-order valence-corrected chi connectivity index (χ3v) is 3.44. The minimum absolute atomic E-state index is 0.0848. The van der Waals surface area contributed by atoms with Crippen LogP contribution in [0.25, 0.3) is 22.1 Å². The molecule has 0 saturated carbocycles. The summed E-state index contributed by atoms with van der Waals surface area (Å²) in [6, 6.07) is 8.60. The zero-order valence-corrected chi connectivity index (χ0v) is 11.3. The first-order valence-electron chi connectivity index (χ1n) is 6.57. The topological polar surface area (TPSA) is 63.3 Å². The van der Waals surface area contributed by atoms with Crippen LogP contribution in [0.1, 0.15) is 25.5 Å². The Kier molecular flexibility index (Phi) is 3.03. The lowest BCUT2D eigenvalue weighted by molar-refractivity contribution is 0.127. The minimum Gasteiger partial charge on any atom is -0.437 e. The third-order valence-electron chi connectivity index (χ3n) is 3.44. The van der Waals surface area contributed by atoms with Crippen LogP contribution < -0.4 is 5.43 Å². The second kappa shape index (κ2) is 4.72. The lowest BCUT2D eigenvalue weighted by Crippen LogP contribution is -2.08. The number of aliphatic hydroxyl groups excluding tert-OH is 1. The van der Waals surface area contributed by atoms with Gasteiger partial charge in [-0.15, -0.1) is 0 Å². The minimum atomic E-state index is -0.594. The molecule has 3 rings (SSSR count). The lowest BCUT2D eigenvalue weighted by Gasteiger charge is -2.15. The number of hydrogen-bond acceptors (Lipinski definition) is 4. The number of aliphatic hydroxyl groups is 1. The van der Waals surface area contributed by atoms with Gasteiger partial charge in [0.25, 0.3) is 0 Å². The van der Waals surface area contributed by atoms with Gasteiger partial charge in [0.1, 0.15) is 5.58 Å². The first kappa shape index (κ1) is 12.8. The Morgan fingerprint density at radius 2 is 2.00 bits per heavy atom. The van der Waals surface area contributed by atoms with Crippen molar-refractivity contribution in [3.05, 3.63) is 52.3 Å². The highest BCUT2D eigenvalue weighted by Crippen LogP contribution is 2.25. The van der Waals surface area contributed by atoms with Crippen LogP contribution >= 0.6 is 0 Å². The summed E-state index contributed by atoms with van der Waals surface area (Å²) in [5.74, 6) is 0.0848. The highest BCUT2D eigenvalue weighted by molar-refractivity contribution is 5.88. The average molecular weight is 269 g/mol. The van der Waals surface area contributed by atoms with Crippen molar-refractivity contribution in [3.8, 4) is 0 Å². The standard InChI is InChI=1S/C16H15NO3/c1-9(2)14(18)10-5-6-13-12(8-10)15(19)11-4-3-7-17-16(11)20-13/h3-9,14,18H,1-2H3. The Morgan fingerprint density at radius 3 is 2.75 bits per heavy atom. The molecular weight excluding hydrogens is 254 g/mol. The molecule has 0 radical (unpaired) electrons. The quantitative estimate of drug-likeness (QED) is 0.726. The number of rotatable bonds is 2. The maximum absolute atomic E-state index is 12.5.